The highest BCUT2D eigenvalue weighted by atomic mass is 16.5. The van der Waals surface area contributed by atoms with Gasteiger partial charge in [-0.05, 0) is 53.3 Å². The molecule has 0 radical (unpaired) electrons. The standard InChI is InChI=1S/C31H31NO6/c33-29(34)19-26-20-32(21-30(35)36)28-10-6-9-25(31(26)28)14-11-23-12-15-27(16-13-23)38-18-5-4-17-37-22-24-7-2-1-3-8-24/h1-3,6-16,20H,4-5,17-19,21-22H2,(H,33,34)(H,35,36)/b14-11+. The van der Waals surface area contributed by atoms with Gasteiger partial charge in [0.25, 0.3) is 0 Å². The van der Waals surface area contributed by atoms with Gasteiger partial charge in [-0.2, -0.15) is 0 Å². The van der Waals surface area contributed by atoms with Crippen LogP contribution in [0.4, 0.5) is 0 Å². The van der Waals surface area contributed by atoms with Crippen molar-refractivity contribution in [1.82, 2.24) is 4.57 Å². The molecule has 0 atom stereocenters. The summed E-state index contributed by atoms with van der Waals surface area (Å²) in [5.41, 5.74) is 4.25. The number of unbranched alkanes of at least 4 members (excludes halogenated alkanes) is 1. The van der Waals surface area contributed by atoms with E-state index in [-0.39, 0.29) is 13.0 Å². The molecule has 4 rings (SSSR count). The predicted octanol–water partition coefficient (Wildman–Crippen LogP) is 5.90. The number of rotatable bonds is 14. The second-order valence-corrected chi connectivity index (χ2v) is 8.98. The summed E-state index contributed by atoms with van der Waals surface area (Å²) >= 11 is 0. The van der Waals surface area contributed by atoms with Gasteiger partial charge in [0, 0.05) is 23.7 Å². The van der Waals surface area contributed by atoms with Gasteiger partial charge in [-0.3, -0.25) is 9.59 Å². The van der Waals surface area contributed by atoms with Crippen LogP contribution >= 0.6 is 0 Å². The second kappa shape index (κ2) is 13.3. The summed E-state index contributed by atoms with van der Waals surface area (Å²) in [7, 11) is 0. The minimum atomic E-state index is -0.983. The SMILES string of the molecule is O=C(O)Cc1cn(CC(=O)O)c2cccc(/C=C/c3ccc(OCCCCOCc4ccccc4)cc3)c12. The molecule has 4 aromatic rings. The number of hydrogen-bond donors (Lipinski definition) is 2. The Labute approximate surface area is 221 Å². The van der Waals surface area contributed by atoms with Crippen molar-refractivity contribution >= 4 is 35.0 Å². The van der Waals surface area contributed by atoms with Crippen LogP contribution in [0.1, 0.15) is 35.1 Å². The lowest BCUT2D eigenvalue weighted by molar-refractivity contribution is -0.138. The van der Waals surface area contributed by atoms with Crippen LogP contribution in [0.2, 0.25) is 0 Å². The van der Waals surface area contributed by atoms with E-state index in [9.17, 15) is 19.8 Å². The molecule has 0 saturated carbocycles. The fourth-order valence-corrected chi connectivity index (χ4v) is 4.30. The Bertz CT molecular complexity index is 1390. The molecule has 1 heterocycles. The summed E-state index contributed by atoms with van der Waals surface area (Å²) in [4.78, 5) is 22.7. The number of nitrogens with zero attached hydrogens (tertiary/aromatic N) is 1. The number of ether oxygens (including phenoxy) is 2. The molecule has 0 bridgehead atoms. The molecule has 38 heavy (non-hydrogen) atoms. The zero-order chi connectivity index (χ0) is 26.7. The van der Waals surface area contributed by atoms with Crippen molar-refractivity contribution in [2.24, 2.45) is 0 Å². The highest BCUT2D eigenvalue weighted by Gasteiger charge is 2.15. The highest BCUT2D eigenvalue weighted by molar-refractivity contribution is 5.96. The third kappa shape index (κ3) is 7.57. The maximum absolute atomic E-state index is 11.4. The third-order valence-electron chi connectivity index (χ3n) is 6.06. The molecular formula is C31H31NO6. The molecule has 196 valence electrons. The van der Waals surface area contributed by atoms with Crippen molar-refractivity contribution in [3.05, 3.63) is 101 Å². The van der Waals surface area contributed by atoms with Gasteiger partial charge in [-0.15, -0.1) is 0 Å². The molecule has 0 amide bonds. The summed E-state index contributed by atoms with van der Waals surface area (Å²) < 4.78 is 13.1. The van der Waals surface area contributed by atoms with Crippen LogP contribution in [0.3, 0.4) is 0 Å². The first-order valence-electron chi connectivity index (χ1n) is 12.6. The van der Waals surface area contributed by atoms with Gasteiger partial charge in [0.1, 0.15) is 12.3 Å². The highest BCUT2D eigenvalue weighted by Crippen LogP contribution is 2.28. The van der Waals surface area contributed by atoms with Crippen LogP contribution in [0.15, 0.2) is 79.0 Å². The Morgan fingerprint density at radius 1 is 0.816 bits per heavy atom. The summed E-state index contributed by atoms with van der Waals surface area (Å²) in [6.07, 6.45) is 7.13. The number of carboxylic acid groups (broad SMARTS) is 2. The lowest BCUT2D eigenvalue weighted by atomic mass is 10.0. The van der Waals surface area contributed by atoms with Crippen molar-refractivity contribution in [2.75, 3.05) is 13.2 Å². The van der Waals surface area contributed by atoms with Gasteiger partial charge in [-0.25, -0.2) is 0 Å². The van der Waals surface area contributed by atoms with E-state index >= 15 is 0 Å². The normalized spacial score (nSPS) is 11.3. The molecule has 7 heteroatoms. The molecule has 7 nitrogen and oxygen atoms in total. The Morgan fingerprint density at radius 3 is 2.32 bits per heavy atom. The van der Waals surface area contributed by atoms with E-state index in [1.807, 2.05) is 72.8 Å². The Balaban J connectivity index is 1.32. The Morgan fingerprint density at radius 2 is 1.58 bits per heavy atom. The number of benzene rings is 3. The topological polar surface area (TPSA) is 98.0 Å². The number of aromatic nitrogens is 1. The van der Waals surface area contributed by atoms with Crippen LogP contribution in [0.5, 0.6) is 5.75 Å². The largest absolute Gasteiger partial charge is 0.494 e. The van der Waals surface area contributed by atoms with Crippen molar-refractivity contribution in [1.29, 1.82) is 0 Å². The number of fused-ring (bicyclic) bond motifs is 1. The maximum atomic E-state index is 11.4. The number of carboxylic acids is 2. The molecule has 1 aromatic heterocycles. The number of aliphatic carboxylic acids is 2. The van der Waals surface area contributed by atoms with E-state index in [1.54, 1.807) is 10.8 Å². The molecule has 0 spiro atoms. The smallest absolute Gasteiger partial charge is 0.323 e. The molecule has 0 aliphatic heterocycles. The van der Waals surface area contributed by atoms with Crippen LogP contribution in [0.25, 0.3) is 23.1 Å². The van der Waals surface area contributed by atoms with Crippen molar-refractivity contribution in [3.63, 3.8) is 0 Å². The third-order valence-corrected chi connectivity index (χ3v) is 6.06. The van der Waals surface area contributed by atoms with Gasteiger partial charge in [0.2, 0.25) is 0 Å². The van der Waals surface area contributed by atoms with Crippen LogP contribution in [-0.2, 0) is 33.9 Å². The quantitative estimate of drug-likeness (QED) is 0.161. The van der Waals surface area contributed by atoms with E-state index in [4.69, 9.17) is 9.47 Å². The minimum Gasteiger partial charge on any atom is -0.494 e. The lowest BCUT2D eigenvalue weighted by Crippen LogP contribution is -2.07. The molecule has 0 aliphatic rings. The van der Waals surface area contributed by atoms with E-state index in [2.05, 4.69) is 12.1 Å². The van der Waals surface area contributed by atoms with Crippen molar-refractivity contribution in [3.8, 4) is 5.75 Å². The summed E-state index contributed by atoms with van der Waals surface area (Å²) in [6.45, 7) is 1.71. The molecule has 0 fully saturated rings. The van der Waals surface area contributed by atoms with E-state index < -0.39 is 11.9 Å². The van der Waals surface area contributed by atoms with Crippen molar-refractivity contribution < 1.29 is 29.3 Å². The summed E-state index contributed by atoms with van der Waals surface area (Å²) in [5.74, 6) is -1.15. The summed E-state index contributed by atoms with van der Waals surface area (Å²) in [5, 5.41) is 19.3. The molecule has 0 saturated heterocycles. The van der Waals surface area contributed by atoms with Gasteiger partial charge in [-0.1, -0.05) is 66.7 Å². The van der Waals surface area contributed by atoms with Gasteiger partial charge in [0.15, 0.2) is 0 Å². The van der Waals surface area contributed by atoms with Crippen LogP contribution in [0, 0.1) is 0 Å². The van der Waals surface area contributed by atoms with Crippen LogP contribution < -0.4 is 4.74 Å². The molecular weight excluding hydrogens is 482 g/mol. The van der Waals surface area contributed by atoms with Gasteiger partial charge < -0.3 is 24.3 Å². The zero-order valence-corrected chi connectivity index (χ0v) is 21.1. The molecule has 0 aliphatic carbocycles. The fourth-order valence-electron chi connectivity index (χ4n) is 4.30. The van der Waals surface area contributed by atoms with E-state index in [0.29, 0.717) is 30.9 Å². The van der Waals surface area contributed by atoms with Crippen LogP contribution in [-0.4, -0.2) is 39.9 Å². The zero-order valence-electron chi connectivity index (χ0n) is 21.1. The van der Waals surface area contributed by atoms with Gasteiger partial charge in [0.05, 0.1) is 19.6 Å². The van der Waals surface area contributed by atoms with E-state index in [0.717, 1.165) is 35.1 Å². The summed E-state index contributed by atoms with van der Waals surface area (Å²) in [6, 6.07) is 23.4. The molecule has 3 aromatic carbocycles. The molecule has 2 N–H and O–H groups in total. The number of hydrogen-bond acceptors (Lipinski definition) is 4. The first-order chi connectivity index (χ1) is 18.5. The fraction of sp³-hybridized carbons (Fsp3) is 0.226. The Kier molecular flexibility index (Phi) is 9.32. The lowest BCUT2D eigenvalue weighted by Gasteiger charge is -2.07. The average Bonchev–Trinajstić information content (AvgIpc) is 3.24. The molecule has 0 unspecified atom stereocenters. The van der Waals surface area contributed by atoms with Gasteiger partial charge >= 0.3 is 11.9 Å². The number of carbonyl (C=O) groups is 2. The Hall–Kier alpha value is -4.36. The monoisotopic (exact) mass is 513 g/mol. The predicted molar refractivity (Wildman–Crippen MR) is 147 cm³/mol. The first kappa shape index (κ1) is 26.7. The maximum Gasteiger partial charge on any atom is 0.323 e. The second-order valence-electron chi connectivity index (χ2n) is 8.98. The minimum absolute atomic E-state index is 0.181. The van der Waals surface area contributed by atoms with E-state index in [1.165, 1.54) is 5.56 Å². The van der Waals surface area contributed by atoms with Crippen molar-refractivity contribution in [2.45, 2.75) is 32.4 Å². The first-order valence-corrected chi connectivity index (χ1v) is 12.6. The average molecular weight is 514 g/mol.